The SMILES string of the molecule is CO[N+]12CC(N)C3CCCC4CC(=O)C(C1=C43)c1ccccc12.O. The second kappa shape index (κ2) is 5.23. The van der Waals surface area contributed by atoms with Gasteiger partial charge >= 0.3 is 0 Å². The molecule has 1 saturated carbocycles. The van der Waals surface area contributed by atoms with Crippen molar-refractivity contribution in [2.45, 2.75) is 37.6 Å². The Kier molecular flexibility index (Phi) is 3.48. The van der Waals surface area contributed by atoms with Crippen LogP contribution in [0.15, 0.2) is 35.5 Å². The summed E-state index contributed by atoms with van der Waals surface area (Å²) in [6.45, 7) is 0.744. The Hall–Kier alpha value is -1.53. The van der Waals surface area contributed by atoms with Crippen molar-refractivity contribution in [3.8, 4) is 0 Å². The lowest BCUT2D eigenvalue weighted by atomic mass is 9.64. The largest absolute Gasteiger partial charge is 0.412 e. The van der Waals surface area contributed by atoms with E-state index in [9.17, 15) is 4.79 Å². The summed E-state index contributed by atoms with van der Waals surface area (Å²) in [5.41, 5.74) is 11.6. The highest BCUT2D eigenvalue weighted by Gasteiger charge is 2.62. The Morgan fingerprint density at radius 3 is 2.83 bits per heavy atom. The molecule has 0 aromatic heterocycles. The zero-order valence-corrected chi connectivity index (χ0v) is 14.0. The van der Waals surface area contributed by atoms with Gasteiger partial charge in [-0.25, -0.2) is 0 Å². The molecule has 4 aliphatic rings. The topological polar surface area (TPSA) is 83.8 Å². The number of para-hydroxylation sites is 1. The molecule has 128 valence electrons. The molecule has 1 aromatic carbocycles. The molecule has 2 aliphatic carbocycles. The number of carbonyl (C=O) groups excluding carboxylic acids is 1. The molecule has 4 N–H and O–H groups in total. The number of hydrogen-bond donors (Lipinski definition) is 1. The summed E-state index contributed by atoms with van der Waals surface area (Å²) in [7, 11) is 1.76. The van der Waals surface area contributed by atoms with Gasteiger partial charge in [-0.05, 0) is 24.3 Å². The van der Waals surface area contributed by atoms with Gasteiger partial charge in [0.15, 0.2) is 17.2 Å². The van der Waals surface area contributed by atoms with Crippen LogP contribution in [-0.4, -0.2) is 31.0 Å². The van der Waals surface area contributed by atoms with E-state index in [1.807, 2.05) is 12.1 Å². The Morgan fingerprint density at radius 2 is 2.04 bits per heavy atom. The first-order chi connectivity index (χ1) is 11.2. The van der Waals surface area contributed by atoms with Crippen LogP contribution in [0.25, 0.3) is 0 Å². The highest BCUT2D eigenvalue weighted by atomic mass is 16.7. The van der Waals surface area contributed by atoms with E-state index in [2.05, 4.69) is 12.1 Å². The van der Waals surface area contributed by atoms with Gasteiger partial charge in [0.2, 0.25) is 0 Å². The summed E-state index contributed by atoms with van der Waals surface area (Å²) in [4.78, 5) is 19.1. The number of fused-ring (bicyclic) bond motifs is 3. The van der Waals surface area contributed by atoms with Gasteiger partial charge in [0.05, 0.1) is 13.2 Å². The van der Waals surface area contributed by atoms with E-state index in [0.717, 1.165) is 30.6 Å². The number of nitrogens with zero attached hydrogens (tertiary/aromatic N) is 1. The first-order valence-corrected chi connectivity index (χ1v) is 8.73. The van der Waals surface area contributed by atoms with E-state index >= 15 is 0 Å². The average Bonchev–Trinajstić information content (AvgIpc) is 2.87. The van der Waals surface area contributed by atoms with Crippen LogP contribution in [0.3, 0.4) is 0 Å². The number of allylic oxidation sites excluding steroid dienone is 1. The summed E-state index contributed by atoms with van der Waals surface area (Å²) < 4.78 is 0.357. The fourth-order valence-electron chi connectivity index (χ4n) is 5.75. The van der Waals surface area contributed by atoms with Crippen LogP contribution in [0, 0.1) is 11.8 Å². The van der Waals surface area contributed by atoms with Crippen molar-refractivity contribution < 1.29 is 15.1 Å². The minimum absolute atomic E-state index is 0. The number of nitrogens with two attached hydrogens (primary N) is 1. The summed E-state index contributed by atoms with van der Waals surface area (Å²) in [6, 6.07) is 8.40. The van der Waals surface area contributed by atoms with Gasteiger partial charge in [0.25, 0.3) is 0 Å². The lowest BCUT2D eigenvalue weighted by molar-refractivity contribution is -0.128. The monoisotopic (exact) mass is 329 g/mol. The molecular weight excluding hydrogens is 304 g/mol. The van der Waals surface area contributed by atoms with Crippen molar-refractivity contribution in [1.82, 2.24) is 4.65 Å². The van der Waals surface area contributed by atoms with Gasteiger partial charge in [-0.3, -0.25) is 4.79 Å². The number of Topliss-reactive ketones (excluding diaryl/α,β-unsaturated/α-hetero) is 1. The second-order valence-electron chi connectivity index (χ2n) is 7.51. The van der Waals surface area contributed by atoms with Gasteiger partial charge in [-0.2, -0.15) is 4.84 Å². The molecule has 5 rings (SSSR count). The van der Waals surface area contributed by atoms with Crippen molar-refractivity contribution in [2.75, 3.05) is 13.7 Å². The first-order valence-electron chi connectivity index (χ1n) is 8.73. The predicted octanol–water partition coefficient (Wildman–Crippen LogP) is 1.81. The highest BCUT2D eigenvalue weighted by molar-refractivity contribution is 5.95. The number of quaternary nitrogens is 1. The van der Waals surface area contributed by atoms with E-state index in [1.165, 1.54) is 17.7 Å². The standard InChI is InChI=1S/C19H23N2O2.H2O/c1-23-21-10-14(20)12-7-4-5-11-9-16(22)18(19(21)17(11)12)13-6-2-3-8-15(13)21;/h2-3,6,8,11-12,14,18H,4-5,7,9-10,20H2,1H3;1H2/q+1;. The van der Waals surface area contributed by atoms with Crippen molar-refractivity contribution in [1.29, 1.82) is 0 Å². The van der Waals surface area contributed by atoms with E-state index in [1.54, 1.807) is 7.11 Å². The predicted molar refractivity (Wildman–Crippen MR) is 91.9 cm³/mol. The Morgan fingerprint density at radius 1 is 1.25 bits per heavy atom. The molecule has 24 heavy (non-hydrogen) atoms. The quantitative estimate of drug-likeness (QED) is 0.798. The van der Waals surface area contributed by atoms with Crippen LogP contribution < -0.4 is 10.4 Å². The van der Waals surface area contributed by atoms with E-state index in [-0.39, 0.29) is 17.4 Å². The smallest absolute Gasteiger partial charge is 0.174 e. The lowest BCUT2D eigenvalue weighted by Gasteiger charge is -2.48. The zero-order valence-electron chi connectivity index (χ0n) is 14.0. The number of rotatable bonds is 1. The van der Waals surface area contributed by atoms with Gasteiger partial charge in [-0.15, -0.1) is 4.65 Å². The third kappa shape index (κ3) is 1.70. The molecule has 1 aromatic rings. The molecule has 5 heteroatoms. The summed E-state index contributed by atoms with van der Waals surface area (Å²) in [6.07, 6.45) is 4.17. The van der Waals surface area contributed by atoms with Gasteiger partial charge in [0, 0.05) is 24.0 Å². The minimum atomic E-state index is -0.106. The molecule has 2 heterocycles. The Bertz CT molecular complexity index is 744. The Balaban J connectivity index is 0.00000146. The number of hydroxylamine groups is 2. The summed E-state index contributed by atoms with van der Waals surface area (Å²) in [5, 5.41) is 0. The van der Waals surface area contributed by atoms with Crippen molar-refractivity contribution >= 4 is 11.5 Å². The molecule has 0 saturated heterocycles. The molecule has 5 unspecified atom stereocenters. The third-order valence-corrected chi connectivity index (χ3v) is 6.57. The molecular formula is C19H25N2O3+. The van der Waals surface area contributed by atoms with Crippen molar-refractivity contribution in [2.24, 2.45) is 17.6 Å². The van der Waals surface area contributed by atoms with Crippen molar-refractivity contribution in [3.05, 3.63) is 41.1 Å². The minimum Gasteiger partial charge on any atom is -0.412 e. The molecule has 5 atom stereocenters. The van der Waals surface area contributed by atoms with Crippen LogP contribution in [-0.2, 0) is 9.63 Å². The van der Waals surface area contributed by atoms with Crippen LogP contribution in [0.4, 0.5) is 5.69 Å². The molecule has 0 amide bonds. The second-order valence-corrected chi connectivity index (χ2v) is 7.51. The maximum absolute atomic E-state index is 13.0. The maximum Gasteiger partial charge on any atom is 0.174 e. The van der Waals surface area contributed by atoms with Gasteiger partial charge < -0.3 is 11.2 Å². The molecule has 2 aliphatic heterocycles. The molecule has 0 bridgehead atoms. The lowest BCUT2D eigenvalue weighted by Crippen LogP contribution is -2.61. The fourth-order valence-corrected chi connectivity index (χ4v) is 5.75. The number of ketones is 1. The van der Waals surface area contributed by atoms with Gasteiger partial charge in [-0.1, -0.05) is 24.6 Å². The molecule has 5 nitrogen and oxygen atoms in total. The van der Waals surface area contributed by atoms with Crippen LogP contribution in [0.5, 0.6) is 0 Å². The third-order valence-electron chi connectivity index (χ3n) is 6.57. The first kappa shape index (κ1) is 16.0. The molecule has 0 radical (unpaired) electrons. The molecule has 0 spiro atoms. The Labute approximate surface area is 141 Å². The zero-order chi connectivity index (χ0) is 15.8. The summed E-state index contributed by atoms with van der Waals surface area (Å²) >= 11 is 0. The van der Waals surface area contributed by atoms with E-state index in [0.29, 0.717) is 28.7 Å². The fraction of sp³-hybridized carbons (Fsp3) is 0.526. The normalized spacial score (nSPS) is 39.2. The highest BCUT2D eigenvalue weighted by Crippen LogP contribution is 2.60. The maximum atomic E-state index is 13.0. The summed E-state index contributed by atoms with van der Waals surface area (Å²) in [5.74, 6) is 1.09. The number of benzene rings is 1. The van der Waals surface area contributed by atoms with Crippen LogP contribution in [0.2, 0.25) is 0 Å². The van der Waals surface area contributed by atoms with Crippen LogP contribution >= 0.6 is 0 Å². The van der Waals surface area contributed by atoms with Crippen LogP contribution in [0.1, 0.15) is 37.2 Å². The van der Waals surface area contributed by atoms with E-state index < -0.39 is 0 Å². The van der Waals surface area contributed by atoms with E-state index in [4.69, 9.17) is 10.6 Å². The van der Waals surface area contributed by atoms with Gasteiger partial charge in [0.1, 0.15) is 12.5 Å². The molecule has 1 fully saturated rings. The number of carbonyl (C=O) groups is 1. The number of hydrogen-bond acceptors (Lipinski definition) is 3. The average molecular weight is 329 g/mol. The van der Waals surface area contributed by atoms with Crippen molar-refractivity contribution in [3.63, 3.8) is 0 Å².